The molecule has 0 atom stereocenters. The van der Waals surface area contributed by atoms with Crippen LogP contribution in [-0.4, -0.2) is 36.1 Å². The van der Waals surface area contributed by atoms with Crippen molar-refractivity contribution in [3.05, 3.63) is 22.9 Å². The van der Waals surface area contributed by atoms with Gasteiger partial charge in [0.05, 0.1) is 12.2 Å². The van der Waals surface area contributed by atoms with E-state index in [2.05, 4.69) is 0 Å². The number of anilines is 1. The second-order valence-corrected chi connectivity index (χ2v) is 5.64. The van der Waals surface area contributed by atoms with E-state index in [9.17, 15) is 4.79 Å². The third kappa shape index (κ3) is 3.69. The van der Waals surface area contributed by atoms with E-state index in [0.717, 1.165) is 30.5 Å². The Kier molecular flexibility index (Phi) is 5.12. The van der Waals surface area contributed by atoms with Crippen LogP contribution in [-0.2, 0) is 22.4 Å². The normalized spacial score (nSPS) is 13.4. The van der Waals surface area contributed by atoms with Gasteiger partial charge in [-0.15, -0.1) is 0 Å². The molecule has 0 fully saturated rings. The zero-order valence-corrected chi connectivity index (χ0v) is 13.3. The van der Waals surface area contributed by atoms with Crippen LogP contribution in [0, 0.1) is 0 Å². The summed E-state index contributed by atoms with van der Waals surface area (Å²) in [6.07, 6.45) is 4.30. The molecule has 1 aliphatic carbocycles. The van der Waals surface area contributed by atoms with Gasteiger partial charge >= 0.3 is 5.97 Å². The fourth-order valence-corrected chi connectivity index (χ4v) is 2.72. The Labute approximate surface area is 130 Å². The number of hydrogen-bond donors (Lipinski definition) is 1. The highest BCUT2D eigenvalue weighted by atomic mass is 32.1. The molecule has 0 amide bonds. The highest BCUT2D eigenvalue weighted by Gasteiger charge is 2.20. The summed E-state index contributed by atoms with van der Waals surface area (Å²) in [5.74, 6) is 0.379. The first-order valence-corrected chi connectivity index (χ1v) is 7.63. The number of esters is 1. The number of carbonyl (C=O) groups excluding carboxylic acids is 1. The number of carbonyl (C=O) groups is 1. The lowest BCUT2D eigenvalue weighted by atomic mass is 9.94. The van der Waals surface area contributed by atoms with Gasteiger partial charge in [-0.05, 0) is 44.2 Å². The Hall–Kier alpha value is -1.69. The van der Waals surface area contributed by atoms with Gasteiger partial charge in [0.1, 0.15) is 17.4 Å². The van der Waals surface area contributed by atoms with Crippen LogP contribution in [0.15, 0.2) is 6.07 Å². The average molecular weight is 307 g/mol. The molecule has 1 aromatic heterocycles. The molecule has 5 nitrogen and oxygen atoms in total. The van der Waals surface area contributed by atoms with E-state index in [-0.39, 0.29) is 12.5 Å². The fraction of sp³-hybridized carbons (Fsp3) is 0.533. The Bertz CT molecular complexity index is 560. The lowest BCUT2D eigenvalue weighted by molar-refractivity contribution is -0.141. The first-order valence-electron chi connectivity index (χ1n) is 7.22. The van der Waals surface area contributed by atoms with Crippen molar-refractivity contribution >= 4 is 29.0 Å². The van der Waals surface area contributed by atoms with Crippen molar-refractivity contribution in [3.8, 4) is 0 Å². The largest absolute Gasteiger partial charge is 0.465 e. The molecule has 0 unspecified atom stereocenters. The maximum absolute atomic E-state index is 11.6. The molecule has 0 radical (unpaired) electrons. The summed E-state index contributed by atoms with van der Waals surface area (Å²) in [7, 11) is 1.80. The molecule has 0 aromatic carbocycles. The van der Waals surface area contributed by atoms with Crippen LogP contribution < -0.4 is 10.6 Å². The summed E-state index contributed by atoms with van der Waals surface area (Å²) in [6, 6.07) is 2.03. The van der Waals surface area contributed by atoms with Crippen LogP contribution in [0.1, 0.15) is 36.6 Å². The Morgan fingerprint density at radius 2 is 2.19 bits per heavy atom. The van der Waals surface area contributed by atoms with Gasteiger partial charge in [-0.25, -0.2) is 4.98 Å². The zero-order chi connectivity index (χ0) is 15.4. The number of likely N-dealkylation sites (N-methyl/N-ethyl adjacent to an activating group) is 1. The number of nitrogens with zero attached hydrogens (tertiary/aromatic N) is 2. The maximum Gasteiger partial charge on any atom is 0.325 e. The van der Waals surface area contributed by atoms with Gasteiger partial charge in [-0.1, -0.05) is 12.2 Å². The second kappa shape index (κ2) is 6.85. The van der Waals surface area contributed by atoms with Crippen LogP contribution in [0.25, 0.3) is 0 Å². The molecule has 0 saturated carbocycles. The maximum atomic E-state index is 11.6. The van der Waals surface area contributed by atoms with Gasteiger partial charge in [-0.3, -0.25) is 4.79 Å². The minimum Gasteiger partial charge on any atom is -0.465 e. The van der Waals surface area contributed by atoms with Gasteiger partial charge in [0.2, 0.25) is 0 Å². The molecule has 114 valence electrons. The average Bonchev–Trinajstić information content (AvgIpc) is 2.45. The van der Waals surface area contributed by atoms with Gasteiger partial charge in [-0.2, -0.15) is 0 Å². The summed E-state index contributed by atoms with van der Waals surface area (Å²) < 4.78 is 4.97. The predicted molar refractivity (Wildman–Crippen MR) is 86.7 cm³/mol. The van der Waals surface area contributed by atoms with Gasteiger partial charge in [0.15, 0.2) is 0 Å². The Morgan fingerprint density at radius 3 is 2.86 bits per heavy atom. The van der Waals surface area contributed by atoms with Crippen molar-refractivity contribution in [2.75, 3.05) is 25.1 Å². The number of thiocarbonyl (C=S) groups is 1. The number of fused-ring (bicyclic) bond motifs is 1. The van der Waals surface area contributed by atoms with Crippen LogP contribution >= 0.6 is 12.2 Å². The van der Waals surface area contributed by atoms with Crippen molar-refractivity contribution in [1.82, 2.24) is 4.98 Å². The zero-order valence-electron chi connectivity index (χ0n) is 12.5. The molecule has 0 aliphatic heterocycles. The van der Waals surface area contributed by atoms with E-state index < -0.39 is 0 Å². The number of nitrogens with two attached hydrogens (primary N) is 1. The van der Waals surface area contributed by atoms with E-state index in [0.29, 0.717) is 17.4 Å². The monoisotopic (exact) mass is 307 g/mol. The number of hydrogen-bond acceptors (Lipinski definition) is 5. The SMILES string of the molecule is CCOC(=O)CN(C)c1nc2c(cc1C(N)=S)CCCC2. The first kappa shape index (κ1) is 15.7. The molecular formula is C15H21N3O2S. The summed E-state index contributed by atoms with van der Waals surface area (Å²) >= 11 is 5.13. The molecule has 0 spiro atoms. The van der Waals surface area contributed by atoms with Crippen LogP contribution in [0.3, 0.4) is 0 Å². The number of aromatic nitrogens is 1. The minimum atomic E-state index is -0.284. The van der Waals surface area contributed by atoms with Crippen molar-refractivity contribution in [1.29, 1.82) is 0 Å². The summed E-state index contributed by atoms with van der Waals surface area (Å²) in [6.45, 7) is 2.29. The number of ether oxygens (including phenoxy) is 1. The van der Waals surface area contributed by atoms with E-state index in [1.165, 1.54) is 12.0 Å². The molecule has 0 saturated heterocycles. The quantitative estimate of drug-likeness (QED) is 0.658. The molecule has 0 bridgehead atoms. The second-order valence-electron chi connectivity index (χ2n) is 5.20. The van der Waals surface area contributed by atoms with Gasteiger partial charge in [0, 0.05) is 12.7 Å². The highest BCUT2D eigenvalue weighted by Crippen LogP contribution is 2.26. The fourth-order valence-electron chi connectivity index (χ4n) is 2.57. The minimum absolute atomic E-state index is 0.134. The molecule has 1 aliphatic rings. The van der Waals surface area contributed by atoms with Crippen LogP contribution in [0.4, 0.5) is 5.82 Å². The first-order chi connectivity index (χ1) is 10.0. The molecule has 1 heterocycles. The molecule has 2 rings (SSSR count). The summed E-state index contributed by atoms with van der Waals surface area (Å²) in [4.78, 5) is 18.4. The van der Waals surface area contributed by atoms with E-state index in [1.807, 2.05) is 6.07 Å². The number of aryl methyl sites for hydroxylation is 2. The third-order valence-electron chi connectivity index (χ3n) is 3.58. The highest BCUT2D eigenvalue weighted by molar-refractivity contribution is 7.80. The Morgan fingerprint density at radius 1 is 1.48 bits per heavy atom. The number of pyridine rings is 1. The Balaban J connectivity index is 2.32. The van der Waals surface area contributed by atoms with Crippen molar-refractivity contribution in [2.24, 2.45) is 5.73 Å². The third-order valence-corrected chi connectivity index (χ3v) is 3.80. The molecule has 2 N–H and O–H groups in total. The smallest absolute Gasteiger partial charge is 0.325 e. The lowest BCUT2D eigenvalue weighted by Crippen LogP contribution is -2.30. The summed E-state index contributed by atoms with van der Waals surface area (Å²) in [5, 5.41) is 0. The van der Waals surface area contributed by atoms with Crippen molar-refractivity contribution in [2.45, 2.75) is 32.6 Å². The van der Waals surface area contributed by atoms with E-state index in [4.69, 9.17) is 27.7 Å². The number of rotatable bonds is 5. The van der Waals surface area contributed by atoms with Gasteiger partial charge in [0.25, 0.3) is 0 Å². The van der Waals surface area contributed by atoms with E-state index in [1.54, 1.807) is 18.9 Å². The summed E-state index contributed by atoms with van der Waals surface area (Å²) in [5.41, 5.74) is 8.87. The topological polar surface area (TPSA) is 68.5 Å². The van der Waals surface area contributed by atoms with Crippen molar-refractivity contribution < 1.29 is 9.53 Å². The molecule has 21 heavy (non-hydrogen) atoms. The molecule has 6 heteroatoms. The van der Waals surface area contributed by atoms with E-state index >= 15 is 0 Å². The van der Waals surface area contributed by atoms with Gasteiger partial charge < -0.3 is 15.4 Å². The van der Waals surface area contributed by atoms with Crippen LogP contribution in [0.5, 0.6) is 0 Å². The van der Waals surface area contributed by atoms with Crippen LogP contribution in [0.2, 0.25) is 0 Å². The molecule has 1 aromatic rings. The van der Waals surface area contributed by atoms with Crippen molar-refractivity contribution in [3.63, 3.8) is 0 Å². The molecular weight excluding hydrogens is 286 g/mol. The standard InChI is InChI=1S/C15H21N3O2S/c1-3-20-13(19)9-18(2)15-11(14(16)21)8-10-6-4-5-7-12(10)17-15/h8H,3-7,9H2,1-2H3,(H2,16,21). The predicted octanol–water partition coefficient (Wildman–Crippen LogP) is 1.59. The lowest BCUT2D eigenvalue weighted by Gasteiger charge is -2.24.